The highest BCUT2D eigenvalue weighted by Crippen LogP contribution is 2.37. The molecule has 0 bridgehead atoms. The van der Waals surface area contributed by atoms with Crippen molar-refractivity contribution in [3.8, 4) is 0 Å². The predicted octanol–water partition coefficient (Wildman–Crippen LogP) is 4.00. The number of cyclic esters (lactones) is 1. The Morgan fingerprint density at radius 3 is 2.44 bits per heavy atom. The standard InChI is InChI=1S/C25H28N2O5/c1-16(2)21-15-31-25(30)27(21)23(28)17(3)22-20-12-8-7-9-18(20)13-14-26(22)32-24(29)19-10-5-4-6-11-19/h4-12,16-17,21-22H,13-15H2,1-3H3/t17-,21-,22-/m1/s1. The molecule has 1 fully saturated rings. The summed E-state index contributed by atoms with van der Waals surface area (Å²) in [4.78, 5) is 45.7. The number of hydrogen-bond acceptors (Lipinski definition) is 6. The van der Waals surface area contributed by atoms with Gasteiger partial charge in [0.25, 0.3) is 0 Å². The Balaban J connectivity index is 1.64. The van der Waals surface area contributed by atoms with Crippen LogP contribution in [0.25, 0.3) is 0 Å². The maximum absolute atomic E-state index is 13.5. The minimum absolute atomic E-state index is 0.0725. The number of amides is 2. The third kappa shape index (κ3) is 4.12. The van der Waals surface area contributed by atoms with Crippen LogP contribution in [0.3, 0.4) is 0 Å². The van der Waals surface area contributed by atoms with Crippen LogP contribution in [-0.2, 0) is 20.8 Å². The number of benzene rings is 2. The number of ether oxygens (including phenoxy) is 1. The van der Waals surface area contributed by atoms with Crippen molar-refractivity contribution in [1.29, 1.82) is 0 Å². The third-order valence-electron chi connectivity index (χ3n) is 6.27. The number of carbonyl (C=O) groups excluding carboxylic acids is 3. The van der Waals surface area contributed by atoms with Gasteiger partial charge in [-0.15, -0.1) is 5.06 Å². The Morgan fingerprint density at radius 2 is 1.72 bits per heavy atom. The van der Waals surface area contributed by atoms with Crippen LogP contribution in [0, 0.1) is 11.8 Å². The zero-order valence-electron chi connectivity index (χ0n) is 18.6. The normalized spacial score (nSPS) is 21.8. The van der Waals surface area contributed by atoms with E-state index >= 15 is 0 Å². The lowest BCUT2D eigenvalue weighted by Crippen LogP contribution is -2.49. The van der Waals surface area contributed by atoms with Crippen LogP contribution < -0.4 is 0 Å². The van der Waals surface area contributed by atoms with E-state index in [1.807, 2.05) is 44.2 Å². The molecule has 0 spiro atoms. The molecule has 2 aromatic rings. The van der Waals surface area contributed by atoms with Gasteiger partial charge in [-0.3, -0.25) is 4.79 Å². The molecular formula is C25H28N2O5. The summed E-state index contributed by atoms with van der Waals surface area (Å²) < 4.78 is 5.18. The van der Waals surface area contributed by atoms with E-state index in [2.05, 4.69) is 0 Å². The first-order valence-corrected chi connectivity index (χ1v) is 11.0. The third-order valence-corrected chi connectivity index (χ3v) is 6.27. The zero-order chi connectivity index (χ0) is 22.8. The Hall–Kier alpha value is -3.19. The molecule has 2 aromatic carbocycles. The second-order valence-electron chi connectivity index (χ2n) is 8.66. The van der Waals surface area contributed by atoms with Gasteiger partial charge in [-0.2, -0.15) is 0 Å². The van der Waals surface area contributed by atoms with Gasteiger partial charge in [0.1, 0.15) is 6.61 Å². The molecule has 168 valence electrons. The number of imide groups is 1. The van der Waals surface area contributed by atoms with Gasteiger partial charge in [0.2, 0.25) is 5.91 Å². The lowest BCUT2D eigenvalue weighted by Gasteiger charge is -2.39. The lowest BCUT2D eigenvalue weighted by atomic mass is 9.85. The average molecular weight is 437 g/mol. The SMILES string of the molecule is CC(C)[C@H]1COC(=O)N1C(=O)[C@H](C)[C@@H]1c2ccccc2CCN1OC(=O)c1ccccc1. The second kappa shape index (κ2) is 9.12. The Labute approximate surface area is 187 Å². The van der Waals surface area contributed by atoms with Gasteiger partial charge in [-0.25, -0.2) is 14.5 Å². The first-order chi connectivity index (χ1) is 15.4. The van der Waals surface area contributed by atoms with Crippen molar-refractivity contribution in [1.82, 2.24) is 9.96 Å². The Bertz CT molecular complexity index is 1010. The first-order valence-electron chi connectivity index (χ1n) is 11.0. The van der Waals surface area contributed by atoms with E-state index in [9.17, 15) is 14.4 Å². The maximum Gasteiger partial charge on any atom is 0.416 e. The molecule has 4 rings (SSSR count). The fraction of sp³-hybridized carbons (Fsp3) is 0.400. The lowest BCUT2D eigenvalue weighted by molar-refractivity contribution is -0.166. The quantitative estimate of drug-likeness (QED) is 0.705. The average Bonchev–Trinajstić information content (AvgIpc) is 3.20. The molecule has 2 aliphatic rings. The van der Waals surface area contributed by atoms with Gasteiger partial charge in [0, 0.05) is 6.54 Å². The van der Waals surface area contributed by atoms with E-state index in [0.29, 0.717) is 18.5 Å². The molecule has 0 radical (unpaired) electrons. The Kier molecular flexibility index (Phi) is 6.28. The molecule has 2 amide bonds. The van der Waals surface area contributed by atoms with Crippen LogP contribution >= 0.6 is 0 Å². The van der Waals surface area contributed by atoms with E-state index in [4.69, 9.17) is 9.57 Å². The summed E-state index contributed by atoms with van der Waals surface area (Å²) in [5.74, 6) is -1.36. The minimum Gasteiger partial charge on any atom is -0.447 e. The fourth-order valence-corrected chi connectivity index (χ4v) is 4.46. The first kappa shape index (κ1) is 22.0. The van der Waals surface area contributed by atoms with Gasteiger partial charge in [0.15, 0.2) is 0 Å². The van der Waals surface area contributed by atoms with Gasteiger partial charge in [-0.1, -0.05) is 63.2 Å². The summed E-state index contributed by atoms with van der Waals surface area (Å²) in [6.07, 6.45) is 0.0771. The van der Waals surface area contributed by atoms with Crippen LogP contribution in [0.1, 0.15) is 48.3 Å². The summed E-state index contributed by atoms with van der Waals surface area (Å²) in [6, 6.07) is 15.8. The monoisotopic (exact) mass is 436 g/mol. The predicted molar refractivity (Wildman–Crippen MR) is 117 cm³/mol. The summed E-state index contributed by atoms with van der Waals surface area (Å²) in [5.41, 5.74) is 2.47. The molecule has 0 saturated carbocycles. The molecule has 0 aliphatic carbocycles. The molecule has 32 heavy (non-hydrogen) atoms. The summed E-state index contributed by atoms with van der Waals surface area (Å²) in [7, 11) is 0. The molecule has 2 heterocycles. The highest BCUT2D eigenvalue weighted by molar-refractivity contribution is 5.95. The molecule has 7 nitrogen and oxygen atoms in total. The van der Waals surface area contributed by atoms with Crippen molar-refractivity contribution in [2.45, 2.75) is 39.3 Å². The molecule has 1 saturated heterocycles. The molecule has 0 aromatic heterocycles. The Morgan fingerprint density at radius 1 is 1.03 bits per heavy atom. The van der Waals surface area contributed by atoms with Crippen molar-refractivity contribution in [2.75, 3.05) is 13.2 Å². The van der Waals surface area contributed by atoms with Crippen LogP contribution in [0.15, 0.2) is 54.6 Å². The van der Waals surface area contributed by atoms with Gasteiger partial charge < -0.3 is 9.57 Å². The fourth-order valence-electron chi connectivity index (χ4n) is 4.46. The second-order valence-corrected chi connectivity index (χ2v) is 8.66. The van der Waals surface area contributed by atoms with Crippen molar-refractivity contribution in [3.05, 3.63) is 71.3 Å². The number of carbonyl (C=O) groups is 3. The topological polar surface area (TPSA) is 76.2 Å². The van der Waals surface area contributed by atoms with E-state index in [-0.39, 0.29) is 24.5 Å². The molecule has 3 atom stereocenters. The highest BCUT2D eigenvalue weighted by Gasteiger charge is 2.45. The van der Waals surface area contributed by atoms with E-state index in [1.54, 1.807) is 36.3 Å². The van der Waals surface area contributed by atoms with Crippen LogP contribution in [-0.4, -0.2) is 47.1 Å². The van der Waals surface area contributed by atoms with Crippen molar-refractivity contribution in [3.63, 3.8) is 0 Å². The summed E-state index contributed by atoms with van der Waals surface area (Å²) in [6.45, 7) is 6.35. The largest absolute Gasteiger partial charge is 0.447 e. The zero-order valence-corrected chi connectivity index (χ0v) is 18.6. The van der Waals surface area contributed by atoms with Crippen molar-refractivity contribution < 1.29 is 24.0 Å². The van der Waals surface area contributed by atoms with Gasteiger partial charge >= 0.3 is 12.1 Å². The maximum atomic E-state index is 13.5. The smallest absolute Gasteiger partial charge is 0.416 e. The van der Waals surface area contributed by atoms with Crippen LogP contribution in [0.2, 0.25) is 0 Å². The number of hydroxylamine groups is 2. The van der Waals surface area contributed by atoms with Crippen LogP contribution in [0.4, 0.5) is 4.79 Å². The molecular weight excluding hydrogens is 408 g/mol. The molecule has 2 aliphatic heterocycles. The van der Waals surface area contributed by atoms with Crippen molar-refractivity contribution in [2.24, 2.45) is 11.8 Å². The molecule has 0 N–H and O–H groups in total. The number of rotatable bonds is 5. The number of hydrogen-bond donors (Lipinski definition) is 0. The van der Waals surface area contributed by atoms with Crippen molar-refractivity contribution >= 4 is 18.0 Å². The van der Waals surface area contributed by atoms with Gasteiger partial charge in [0.05, 0.1) is 23.6 Å². The van der Waals surface area contributed by atoms with Crippen LogP contribution in [0.5, 0.6) is 0 Å². The van der Waals surface area contributed by atoms with E-state index in [1.165, 1.54) is 4.90 Å². The summed E-state index contributed by atoms with van der Waals surface area (Å²) in [5, 5.41) is 1.59. The minimum atomic E-state index is -0.632. The highest BCUT2D eigenvalue weighted by atomic mass is 16.7. The van der Waals surface area contributed by atoms with E-state index < -0.39 is 24.0 Å². The number of fused-ring (bicyclic) bond motifs is 1. The molecule has 7 heteroatoms. The summed E-state index contributed by atoms with van der Waals surface area (Å²) >= 11 is 0. The number of nitrogens with zero attached hydrogens (tertiary/aromatic N) is 2. The van der Waals surface area contributed by atoms with E-state index in [0.717, 1.165) is 11.1 Å². The van der Waals surface area contributed by atoms with Gasteiger partial charge in [-0.05, 0) is 35.6 Å². The molecule has 0 unspecified atom stereocenters.